The van der Waals surface area contributed by atoms with Crippen molar-refractivity contribution in [2.24, 2.45) is 0 Å². The minimum atomic E-state index is -2.81. The smallest absolute Gasteiger partial charge is 0.184 e. The predicted molar refractivity (Wildman–Crippen MR) is 289 cm³/mol. The summed E-state index contributed by atoms with van der Waals surface area (Å²) in [5.74, 6) is 0. The fourth-order valence-corrected chi connectivity index (χ4v) is 16.0. The number of hydrogen-bond acceptors (Lipinski definition) is 3. The molecule has 0 N–H and O–H groups in total. The number of hydrogen-bond donors (Lipinski definition) is 0. The van der Waals surface area contributed by atoms with Crippen LogP contribution in [0.1, 0.15) is 0 Å². The second kappa shape index (κ2) is 16.3. The lowest BCUT2D eigenvalue weighted by Gasteiger charge is -2.45. The van der Waals surface area contributed by atoms with Crippen molar-refractivity contribution in [3.63, 3.8) is 0 Å². The van der Waals surface area contributed by atoms with E-state index in [9.17, 15) is 0 Å². The van der Waals surface area contributed by atoms with Gasteiger partial charge in [0, 0.05) is 39.2 Å². The lowest BCUT2D eigenvalue weighted by atomic mass is 9.98. The van der Waals surface area contributed by atoms with Gasteiger partial charge in [-0.05, 0) is 114 Å². The number of rotatable bonds is 8. The minimum Gasteiger partial charge on any atom is -0.454 e. The predicted octanol–water partition coefficient (Wildman–Crippen LogP) is 14.7. The number of fused-ring (bicyclic) bond motifs is 6. The van der Waals surface area contributed by atoms with Crippen LogP contribution in [-0.2, 0) is 0 Å². The molecule has 0 amide bonds. The van der Waals surface area contributed by atoms with Gasteiger partial charge in [-0.3, -0.25) is 0 Å². The number of para-hydroxylation sites is 4. The highest BCUT2D eigenvalue weighted by Crippen LogP contribution is 2.44. The van der Waals surface area contributed by atoms with E-state index in [4.69, 9.17) is 4.42 Å². The van der Waals surface area contributed by atoms with Gasteiger partial charge in [-0.2, -0.15) is 0 Å². The molecule has 68 heavy (non-hydrogen) atoms. The van der Waals surface area contributed by atoms with E-state index in [2.05, 4.69) is 271 Å². The average Bonchev–Trinajstić information content (AvgIpc) is 3.81. The monoisotopic (exact) mass is 884 g/mol. The maximum Gasteiger partial charge on any atom is 0.184 e. The van der Waals surface area contributed by atoms with Crippen LogP contribution in [0.25, 0.3) is 55.0 Å². The van der Waals surface area contributed by atoms with Crippen molar-refractivity contribution in [1.29, 1.82) is 0 Å². The molecule has 2 heterocycles. The van der Waals surface area contributed by atoms with Crippen LogP contribution < -0.4 is 30.5 Å². The quantitative estimate of drug-likeness (QED) is 0.142. The van der Waals surface area contributed by atoms with Crippen molar-refractivity contribution in [1.82, 2.24) is 0 Å². The third kappa shape index (κ3) is 6.34. The molecule has 0 fully saturated rings. The van der Waals surface area contributed by atoms with Crippen LogP contribution in [0.3, 0.4) is 0 Å². The third-order valence-electron chi connectivity index (χ3n) is 13.9. The molecule has 1 aromatic heterocycles. The third-order valence-corrected chi connectivity index (χ3v) is 18.8. The Morgan fingerprint density at radius 1 is 0.368 bits per heavy atom. The topological polar surface area (TPSA) is 19.6 Å². The average molecular weight is 885 g/mol. The zero-order valence-corrected chi connectivity index (χ0v) is 38.2. The van der Waals surface area contributed by atoms with Crippen LogP contribution in [0.2, 0.25) is 0 Å². The van der Waals surface area contributed by atoms with E-state index in [0.717, 1.165) is 55.8 Å². The Kier molecular flexibility index (Phi) is 9.51. The van der Waals surface area contributed by atoms with E-state index in [-0.39, 0.29) is 0 Å². The van der Waals surface area contributed by atoms with Crippen LogP contribution in [0.5, 0.6) is 0 Å². The number of nitrogens with zero attached hydrogens (tertiary/aromatic N) is 2. The minimum absolute atomic E-state index is 0.858. The van der Waals surface area contributed by atoms with Gasteiger partial charge in [-0.25, -0.2) is 0 Å². The van der Waals surface area contributed by atoms with E-state index in [0.29, 0.717) is 0 Å². The fourth-order valence-electron chi connectivity index (χ4n) is 10.9. The molecule has 4 heteroatoms. The molecule has 13 rings (SSSR count). The van der Waals surface area contributed by atoms with Gasteiger partial charge < -0.3 is 14.2 Å². The highest BCUT2D eigenvalue weighted by molar-refractivity contribution is 7.21. The second-order valence-electron chi connectivity index (χ2n) is 17.6. The molecule has 12 aromatic rings. The number of anilines is 6. The molecule has 1 aliphatic rings. The van der Waals surface area contributed by atoms with Crippen molar-refractivity contribution in [2.45, 2.75) is 0 Å². The summed E-state index contributed by atoms with van der Waals surface area (Å²) in [6.07, 6.45) is 0. The van der Waals surface area contributed by atoms with Gasteiger partial charge in [0.15, 0.2) is 13.7 Å². The van der Waals surface area contributed by atoms with Crippen LogP contribution >= 0.6 is 0 Å². The Morgan fingerprint density at radius 3 is 1.65 bits per heavy atom. The highest BCUT2D eigenvalue weighted by atomic mass is 28.3. The normalized spacial score (nSPS) is 12.8. The Hall–Kier alpha value is -8.70. The van der Waals surface area contributed by atoms with Crippen molar-refractivity contribution < 1.29 is 4.42 Å². The van der Waals surface area contributed by atoms with Gasteiger partial charge in [0.1, 0.15) is 5.58 Å². The first-order valence-corrected chi connectivity index (χ1v) is 25.3. The highest BCUT2D eigenvalue weighted by Gasteiger charge is 2.48. The zero-order chi connectivity index (χ0) is 45.0. The van der Waals surface area contributed by atoms with Gasteiger partial charge in [-0.1, -0.05) is 206 Å². The summed E-state index contributed by atoms with van der Waals surface area (Å²) in [5, 5.41) is 10.2. The lowest BCUT2D eigenvalue weighted by Crippen LogP contribution is -2.77. The van der Waals surface area contributed by atoms with Gasteiger partial charge in [0.25, 0.3) is 0 Å². The molecule has 0 aliphatic carbocycles. The SMILES string of the molecule is c1ccc(N2c3ccccc3[Si](c3ccccc3)(c3ccccc3)c3ccc(-c4ccc(N(c5ccc(-c6cccc7ccccc67)cc5)c5cccc6c5oc5ccccc56)cc4)cc32)cc1. The van der Waals surface area contributed by atoms with Crippen molar-refractivity contribution in [3.05, 3.63) is 267 Å². The summed E-state index contributed by atoms with van der Waals surface area (Å²) in [6, 6.07) is 97.6. The van der Waals surface area contributed by atoms with E-state index in [1.54, 1.807) is 0 Å². The summed E-state index contributed by atoms with van der Waals surface area (Å²) >= 11 is 0. The molecule has 0 bridgehead atoms. The standard InChI is InChI=1S/C64H44N2OSi/c1-4-20-49(21-5-1)66-58-30-13-15-33-62(58)68(52-22-6-2-7-23-52,53-24-8-3-9-25-53)63-43-38-48(44-60(63)66)45-34-39-50(40-35-45)65(59-31-17-29-57-56-27-12-14-32-61(56)67-64(57)59)51-41-36-47(37-42-51)55-28-16-19-46-18-10-11-26-54(46)55/h1-44H. The van der Waals surface area contributed by atoms with Crippen molar-refractivity contribution >= 4 is 95.7 Å². The van der Waals surface area contributed by atoms with Gasteiger partial charge >= 0.3 is 0 Å². The largest absolute Gasteiger partial charge is 0.454 e. The summed E-state index contributed by atoms with van der Waals surface area (Å²) < 4.78 is 6.70. The summed E-state index contributed by atoms with van der Waals surface area (Å²) in [5.41, 5.74) is 13.1. The molecule has 0 saturated carbocycles. The van der Waals surface area contributed by atoms with E-state index in [1.165, 1.54) is 54.0 Å². The molecule has 320 valence electrons. The molecule has 0 spiro atoms. The van der Waals surface area contributed by atoms with Gasteiger partial charge in [0.2, 0.25) is 0 Å². The Labute approximate surface area is 397 Å². The molecule has 11 aromatic carbocycles. The summed E-state index contributed by atoms with van der Waals surface area (Å²) in [6.45, 7) is 0. The first kappa shape index (κ1) is 39.6. The summed E-state index contributed by atoms with van der Waals surface area (Å²) in [4.78, 5) is 4.82. The Morgan fingerprint density at radius 2 is 0.912 bits per heavy atom. The molecular weight excluding hydrogens is 841 g/mol. The first-order valence-electron chi connectivity index (χ1n) is 23.3. The van der Waals surface area contributed by atoms with E-state index >= 15 is 0 Å². The molecule has 0 saturated heterocycles. The molecule has 1 aliphatic heterocycles. The van der Waals surface area contributed by atoms with Crippen LogP contribution in [0, 0.1) is 0 Å². The lowest BCUT2D eigenvalue weighted by molar-refractivity contribution is 0.669. The fraction of sp³-hybridized carbons (Fsp3) is 0. The molecule has 0 atom stereocenters. The number of furan rings is 1. The first-order chi connectivity index (χ1) is 33.7. The number of benzene rings is 11. The molecular formula is C64H44N2OSi. The second-order valence-corrected chi connectivity index (χ2v) is 21.3. The van der Waals surface area contributed by atoms with Crippen molar-refractivity contribution in [3.8, 4) is 22.3 Å². The van der Waals surface area contributed by atoms with Crippen LogP contribution in [-0.4, -0.2) is 8.07 Å². The van der Waals surface area contributed by atoms with Crippen LogP contribution in [0.15, 0.2) is 271 Å². The molecule has 0 unspecified atom stereocenters. The zero-order valence-electron chi connectivity index (χ0n) is 37.2. The van der Waals surface area contributed by atoms with Crippen molar-refractivity contribution in [2.75, 3.05) is 9.80 Å². The Bertz CT molecular complexity index is 3750. The van der Waals surface area contributed by atoms with Gasteiger partial charge in [0.05, 0.1) is 5.69 Å². The van der Waals surface area contributed by atoms with E-state index < -0.39 is 8.07 Å². The molecule has 0 radical (unpaired) electrons. The Balaban J connectivity index is 0.970. The summed E-state index contributed by atoms with van der Waals surface area (Å²) in [7, 11) is -2.81. The molecule has 3 nitrogen and oxygen atoms in total. The van der Waals surface area contributed by atoms with Gasteiger partial charge in [-0.15, -0.1) is 0 Å². The maximum atomic E-state index is 6.70. The van der Waals surface area contributed by atoms with E-state index in [1.807, 2.05) is 6.07 Å². The van der Waals surface area contributed by atoms with Crippen LogP contribution in [0.4, 0.5) is 34.1 Å². The maximum absolute atomic E-state index is 6.70.